The smallest absolute Gasteiger partial charge is 0.0766 e. The zero-order valence-electron chi connectivity index (χ0n) is 13.0. The Kier molecular flexibility index (Phi) is 7.08. The molecule has 1 unspecified atom stereocenters. The van der Waals surface area contributed by atoms with Crippen molar-refractivity contribution in [2.75, 3.05) is 13.1 Å². The van der Waals surface area contributed by atoms with E-state index < -0.39 is 0 Å². The fraction of sp³-hybridized carbons (Fsp3) is 0.800. The highest BCUT2D eigenvalue weighted by Crippen LogP contribution is 2.23. The van der Waals surface area contributed by atoms with Gasteiger partial charge in [0.1, 0.15) is 0 Å². The van der Waals surface area contributed by atoms with Gasteiger partial charge in [-0.25, -0.2) is 0 Å². The van der Waals surface area contributed by atoms with Crippen LogP contribution in [0.2, 0.25) is 0 Å². The van der Waals surface area contributed by atoms with Gasteiger partial charge in [-0.1, -0.05) is 27.7 Å². The first kappa shape index (κ1) is 16.7. The van der Waals surface area contributed by atoms with Gasteiger partial charge in [0.05, 0.1) is 15.9 Å². The second-order valence-electron chi connectivity index (χ2n) is 5.88. The maximum Gasteiger partial charge on any atom is 0.0766 e. The van der Waals surface area contributed by atoms with E-state index in [2.05, 4.69) is 54.0 Å². The maximum absolute atomic E-state index is 4.55. The molecule has 1 N–H and O–H groups in total. The number of rotatable bonds is 8. The summed E-state index contributed by atoms with van der Waals surface area (Å²) in [5.74, 6) is 1.43. The molecule has 110 valence electrons. The summed E-state index contributed by atoms with van der Waals surface area (Å²) in [4.78, 5) is 0. The Labute approximate surface area is 126 Å². The molecule has 3 nitrogen and oxygen atoms in total. The summed E-state index contributed by atoms with van der Waals surface area (Å²) in [7, 11) is 2.04. The molecular weight excluding hydrogens is 302 g/mol. The number of aromatic nitrogens is 2. The molecule has 1 atom stereocenters. The van der Waals surface area contributed by atoms with Crippen LogP contribution in [0, 0.1) is 11.8 Å². The molecule has 0 aromatic carbocycles. The summed E-state index contributed by atoms with van der Waals surface area (Å²) in [5, 5.41) is 8.08. The summed E-state index contributed by atoms with van der Waals surface area (Å²) in [5.41, 5.74) is 2.50. The lowest BCUT2D eigenvalue weighted by Crippen LogP contribution is -2.25. The van der Waals surface area contributed by atoms with Crippen LogP contribution in [-0.2, 0) is 19.9 Å². The fourth-order valence-corrected chi connectivity index (χ4v) is 3.01. The predicted octanol–water partition coefficient (Wildman–Crippen LogP) is 3.56. The van der Waals surface area contributed by atoms with E-state index >= 15 is 0 Å². The van der Waals surface area contributed by atoms with E-state index in [0.29, 0.717) is 5.92 Å². The molecule has 1 rings (SSSR count). The summed E-state index contributed by atoms with van der Waals surface area (Å²) in [6, 6.07) is 0. The van der Waals surface area contributed by atoms with Crippen molar-refractivity contribution in [3.8, 4) is 0 Å². The lowest BCUT2D eigenvalue weighted by atomic mass is 10.0. The molecule has 4 heteroatoms. The van der Waals surface area contributed by atoms with Gasteiger partial charge in [0.25, 0.3) is 0 Å². The van der Waals surface area contributed by atoms with E-state index in [1.807, 2.05) is 11.7 Å². The number of nitrogens with one attached hydrogen (secondary N) is 1. The molecule has 0 radical (unpaired) electrons. The Bertz CT molecular complexity index is 385. The van der Waals surface area contributed by atoms with Crippen molar-refractivity contribution in [1.29, 1.82) is 0 Å². The van der Waals surface area contributed by atoms with Crippen LogP contribution in [0.1, 0.15) is 45.5 Å². The molecule has 0 saturated heterocycles. The minimum atomic E-state index is 0.700. The van der Waals surface area contributed by atoms with Crippen LogP contribution >= 0.6 is 15.9 Å². The quantitative estimate of drug-likeness (QED) is 0.790. The van der Waals surface area contributed by atoms with Crippen molar-refractivity contribution in [1.82, 2.24) is 15.1 Å². The molecule has 1 aromatic heterocycles. The highest BCUT2D eigenvalue weighted by molar-refractivity contribution is 9.10. The molecule has 0 aliphatic carbocycles. The van der Waals surface area contributed by atoms with Gasteiger partial charge in [-0.2, -0.15) is 5.10 Å². The van der Waals surface area contributed by atoms with Crippen LogP contribution in [0.4, 0.5) is 0 Å². The minimum Gasteiger partial charge on any atom is -0.316 e. The van der Waals surface area contributed by atoms with Gasteiger partial charge in [0, 0.05) is 7.05 Å². The Morgan fingerprint density at radius 2 is 1.95 bits per heavy atom. The predicted molar refractivity (Wildman–Crippen MR) is 85.5 cm³/mol. The van der Waals surface area contributed by atoms with Gasteiger partial charge in [-0.3, -0.25) is 4.68 Å². The van der Waals surface area contributed by atoms with Crippen molar-refractivity contribution < 1.29 is 0 Å². The molecule has 1 aromatic rings. The maximum atomic E-state index is 4.55. The van der Waals surface area contributed by atoms with E-state index in [1.165, 1.54) is 22.3 Å². The largest absolute Gasteiger partial charge is 0.316 e. The number of hydrogen-bond acceptors (Lipinski definition) is 2. The van der Waals surface area contributed by atoms with Crippen LogP contribution in [-0.4, -0.2) is 22.9 Å². The normalized spacial score (nSPS) is 13.2. The molecule has 1 heterocycles. The van der Waals surface area contributed by atoms with Gasteiger partial charge in [-0.05, 0) is 60.1 Å². The third-order valence-electron chi connectivity index (χ3n) is 3.42. The van der Waals surface area contributed by atoms with Crippen molar-refractivity contribution >= 4 is 15.9 Å². The zero-order chi connectivity index (χ0) is 14.4. The third kappa shape index (κ3) is 5.27. The first-order valence-corrected chi connectivity index (χ1v) is 8.15. The second kappa shape index (κ2) is 8.05. The van der Waals surface area contributed by atoms with E-state index in [9.17, 15) is 0 Å². The van der Waals surface area contributed by atoms with Crippen LogP contribution < -0.4 is 5.32 Å². The van der Waals surface area contributed by atoms with Gasteiger partial charge in [0.15, 0.2) is 0 Å². The third-order valence-corrected chi connectivity index (χ3v) is 4.34. The van der Waals surface area contributed by atoms with Crippen LogP contribution in [0.25, 0.3) is 0 Å². The number of aryl methyl sites for hydroxylation is 2. The lowest BCUT2D eigenvalue weighted by Gasteiger charge is -2.14. The first-order valence-electron chi connectivity index (χ1n) is 7.36. The average Bonchev–Trinajstić information content (AvgIpc) is 2.61. The van der Waals surface area contributed by atoms with Crippen LogP contribution in [0.5, 0.6) is 0 Å². The van der Waals surface area contributed by atoms with E-state index in [-0.39, 0.29) is 0 Å². The van der Waals surface area contributed by atoms with Crippen molar-refractivity contribution in [3.63, 3.8) is 0 Å². The standard InChI is InChI=1S/C15H28BrN3/c1-6-13-15(16)14(19(5)18-13)8-7-12(4)10-17-9-11(2)3/h11-12,17H,6-10H2,1-5H3. The number of halogens is 1. The lowest BCUT2D eigenvalue weighted by molar-refractivity contribution is 0.449. The first-order chi connectivity index (χ1) is 8.95. The fourth-order valence-electron chi connectivity index (χ4n) is 2.19. The molecule has 0 bridgehead atoms. The van der Waals surface area contributed by atoms with Gasteiger partial charge in [0.2, 0.25) is 0 Å². The molecule has 0 aliphatic heterocycles. The number of nitrogens with zero attached hydrogens (tertiary/aromatic N) is 2. The van der Waals surface area contributed by atoms with Crippen LogP contribution in [0.3, 0.4) is 0 Å². The Morgan fingerprint density at radius 3 is 2.47 bits per heavy atom. The van der Waals surface area contributed by atoms with Gasteiger partial charge >= 0.3 is 0 Å². The Morgan fingerprint density at radius 1 is 1.26 bits per heavy atom. The highest BCUT2D eigenvalue weighted by atomic mass is 79.9. The van der Waals surface area contributed by atoms with E-state index in [0.717, 1.165) is 31.8 Å². The van der Waals surface area contributed by atoms with Crippen molar-refractivity contribution in [2.45, 2.75) is 47.0 Å². The summed E-state index contributed by atoms with van der Waals surface area (Å²) < 4.78 is 3.23. The van der Waals surface area contributed by atoms with Crippen molar-refractivity contribution in [3.05, 3.63) is 15.9 Å². The Hall–Kier alpha value is -0.350. The summed E-state index contributed by atoms with van der Waals surface area (Å²) in [6.45, 7) is 11.2. The van der Waals surface area contributed by atoms with Gasteiger partial charge < -0.3 is 5.32 Å². The highest BCUT2D eigenvalue weighted by Gasteiger charge is 2.13. The Balaban J connectivity index is 2.41. The molecular formula is C15H28BrN3. The average molecular weight is 330 g/mol. The van der Waals surface area contributed by atoms with E-state index in [1.54, 1.807) is 0 Å². The molecule has 0 aliphatic rings. The topological polar surface area (TPSA) is 29.9 Å². The molecule has 0 saturated carbocycles. The summed E-state index contributed by atoms with van der Waals surface area (Å²) >= 11 is 3.69. The SMILES string of the molecule is CCc1nn(C)c(CCC(C)CNCC(C)C)c1Br. The number of hydrogen-bond donors (Lipinski definition) is 1. The molecule has 19 heavy (non-hydrogen) atoms. The monoisotopic (exact) mass is 329 g/mol. The molecule has 0 spiro atoms. The van der Waals surface area contributed by atoms with Crippen molar-refractivity contribution in [2.24, 2.45) is 18.9 Å². The van der Waals surface area contributed by atoms with E-state index in [4.69, 9.17) is 0 Å². The minimum absolute atomic E-state index is 0.700. The van der Waals surface area contributed by atoms with Crippen LogP contribution in [0.15, 0.2) is 4.47 Å². The molecule has 0 fully saturated rings. The zero-order valence-corrected chi connectivity index (χ0v) is 14.5. The summed E-state index contributed by atoms with van der Waals surface area (Å²) in [6.07, 6.45) is 3.28. The molecule has 0 amide bonds. The van der Waals surface area contributed by atoms with Gasteiger partial charge in [-0.15, -0.1) is 0 Å². The second-order valence-corrected chi connectivity index (χ2v) is 6.67.